The molecule has 196 valence electrons. The van der Waals surface area contributed by atoms with E-state index in [1.807, 2.05) is 0 Å². The van der Waals surface area contributed by atoms with Crippen molar-refractivity contribution in [3.8, 4) is 0 Å². The number of aliphatic hydroxyl groups is 2. The van der Waals surface area contributed by atoms with E-state index in [4.69, 9.17) is 30.6 Å². The van der Waals surface area contributed by atoms with Gasteiger partial charge in [-0.05, 0) is 29.3 Å². The number of nitrogens with zero attached hydrogens (tertiary/aromatic N) is 4. The van der Waals surface area contributed by atoms with Crippen molar-refractivity contribution in [2.45, 2.75) is 31.1 Å². The van der Waals surface area contributed by atoms with Gasteiger partial charge in [-0.1, -0.05) is 12.1 Å². The van der Waals surface area contributed by atoms with Crippen LogP contribution >= 0.6 is 26.8 Å². The fraction of sp³-hybridized carbons (Fsp3) is 0.389. The lowest BCUT2D eigenvalue weighted by Crippen LogP contribution is -2.33. The van der Waals surface area contributed by atoms with Crippen LogP contribution in [0.5, 0.6) is 0 Å². The number of halogens is 2. The van der Waals surface area contributed by atoms with Gasteiger partial charge in [-0.2, -0.15) is 15.1 Å². The highest BCUT2D eigenvalue weighted by Gasteiger charge is 2.46. The Bertz CT molecular complexity index is 1340. The summed E-state index contributed by atoms with van der Waals surface area (Å²) >= 11 is 6.06. The third-order valence-electron chi connectivity index (χ3n) is 5.18. The molecule has 3 aromatic rings. The molecule has 0 saturated carbocycles. The smallest absolute Gasteiger partial charge is 0.340 e. The molecule has 0 amide bonds. The van der Waals surface area contributed by atoms with E-state index in [0.29, 0.717) is 5.39 Å². The van der Waals surface area contributed by atoms with Gasteiger partial charge < -0.3 is 39.5 Å². The lowest BCUT2D eigenvalue weighted by atomic mass is 10.1. The van der Waals surface area contributed by atoms with E-state index in [2.05, 4.69) is 20.4 Å². The molecule has 0 radical (unpaired) electrons. The zero-order valence-electron chi connectivity index (χ0n) is 18.1. The summed E-state index contributed by atoms with van der Waals surface area (Å²) in [5.41, 5.74) is 0.885. The highest BCUT2D eigenvalue weighted by atomic mass is 35.5. The van der Waals surface area contributed by atoms with Gasteiger partial charge in [-0.25, -0.2) is 9.07 Å². The summed E-state index contributed by atoms with van der Waals surface area (Å²) in [6, 6.07) is 5.79. The maximum Gasteiger partial charge on any atom is 0.340 e. The van der Waals surface area contributed by atoms with Gasteiger partial charge in [0.05, 0.1) is 18.2 Å². The summed E-state index contributed by atoms with van der Waals surface area (Å²) in [5, 5.41) is 28.3. The first kappa shape index (κ1) is 27.0. The Labute approximate surface area is 207 Å². The Balaban J connectivity index is 1.52. The lowest BCUT2D eigenvalue weighted by molar-refractivity contribution is -0.0541. The van der Waals surface area contributed by atoms with Crippen molar-refractivity contribution in [3.63, 3.8) is 0 Å². The molecule has 14 nitrogen and oxygen atoms in total. The fourth-order valence-electron chi connectivity index (χ4n) is 3.54. The van der Waals surface area contributed by atoms with Gasteiger partial charge in [0, 0.05) is 6.54 Å². The summed E-state index contributed by atoms with van der Waals surface area (Å²) in [7, 11) is -9.55. The van der Waals surface area contributed by atoms with Crippen molar-refractivity contribution in [2.75, 3.05) is 17.8 Å². The average Bonchev–Trinajstić information content (AvgIpc) is 3.31. The zero-order valence-corrected chi connectivity index (χ0v) is 20.7. The molecule has 36 heavy (non-hydrogen) atoms. The molecule has 3 heterocycles. The Morgan fingerprint density at radius 2 is 1.83 bits per heavy atom. The van der Waals surface area contributed by atoms with Gasteiger partial charge in [0.1, 0.15) is 29.9 Å². The van der Waals surface area contributed by atoms with Crippen LogP contribution in [0.25, 0.3) is 11.0 Å². The Morgan fingerprint density at radius 1 is 1.14 bits per heavy atom. The number of nitrogens with one attached hydrogen (secondary N) is 1. The topological polar surface area (TPSA) is 209 Å². The summed E-state index contributed by atoms with van der Waals surface area (Å²) in [6.07, 6.45) is -4.47. The van der Waals surface area contributed by atoms with Crippen molar-refractivity contribution in [1.82, 2.24) is 19.7 Å². The third-order valence-corrected chi connectivity index (χ3v) is 8.81. The summed E-state index contributed by atoms with van der Waals surface area (Å²) in [4.78, 5) is 35.6. The largest absolute Gasteiger partial charge is 0.387 e. The predicted molar refractivity (Wildman–Crippen MR) is 123 cm³/mol. The molecular formula is C18H21ClFN5O9P2. The van der Waals surface area contributed by atoms with Crippen molar-refractivity contribution in [2.24, 2.45) is 0 Å². The summed E-state index contributed by atoms with van der Waals surface area (Å²) in [6.45, 7) is -0.480. The number of aliphatic hydroxyl groups excluding tert-OH is 2. The van der Waals surface area contributed by atoms with Crippen LogP contribution in [-0.4, -0.2) is 75.5 Å². The zero-order chi connectivity index (χ0) is 26.3. The van der Waals surface area contributed by atoms with Crippen LogP contribution in [0.1, 0.15) is 11.8 Å². The number of hydrogen-bond donors (Lipinski definition) is 6. The van der Waals surface area contributed by atoms with Gasteiger partial charge in [0.2, 0.25) is 5.28 Å². The van der Waals surface area contributed by atoms with Crippen molar-refractivity contribution < 1.29 is 47.7 Å². The summed E-state index contributed by atoms with van der Waals surface area (Å²) < 4.78 is 47.4. The molecule has 1 aliphatic rings. The van der Waals surface area contributed by atoms with E-state index in [1.165, 1.54) is 18.3 Å². The van der Waals surface area contributed by atoms with Crippen LogP contribution in [0.15, 0.2) is 30.5 Å². The molecule has 4 rings (SSSR count). The second-order valence-electron chi connectivity index (χ2n) is 7.93. The van der Waals surface area contributed by atoms with Crippen LogP contribution in [0.2, 0.25) is 5.28 Å². The SMILES string of the molecule is O=P(O)(O)CP(=O)(O)OC[C@H]1O[C@@H](n2ncc3c(NCc4ccc(F)cc4)nc(Cl)nc32)[C@H](O)[C@@H]1O. The van der Waals surface area contributed by atoms with Gasteiger partial charge in [0.15, 0.2) is 17.8 Å². The van der Waals surface area contributed by atoms with E-state index in [1.54, 1.807) is 12.1 Å². The Morgan fingerprint density at radius 3 is 2.50 bits per heavy atom. The van der Waals surface area contributed by atoms with Gasteiger partial charge in [-0.3, -0.25) is 9.13 Å². The second-order valence-corrected chi connectivity index (χ2v) is 12.3. The van der Waals surface area contributed by atoms with Gasteiger partial charge >= 0.3 is 15.2 Å². The van der Waals surface area contributed by atoms with Crippen molar-refractivity contribution in [1.29, 1.82) is 0 Å². The maximum atomic E-state index is 13.1. The molecule has 1 unspecified atom stereocenters. The molecule has 0 bridgehead atoms. The molecule has 1 saturated heterocycles. The van der Waals surface area contributed by atoms with E-state index in [0.717, 1.165) is 10.2 Å². The molecule has 1 aromatic carbocycles. The summed E-state index contributed by atoms with van der Waals surface area (Å²) in [5.74, 6) is -1.51. The molecule has 18 heteroatoms. The molecule has 2 aromatic heterocycles. The third kappa shape index (κ3) is 6.26. The quantitative estimate of drug-likeness (QED) is 0.159. The maximum absolute atomic E-state index is 13.1. The molecule has 0 spiro atoms. The monoisotopic (exact) mass is 567 g/mol. The van der Waals surface area contributed by atoms with Crippen LogP contribution in [0.3, 0.4) is 0 Å². The van der Waals surface area contributed by atoms with E-state index in [9.17, 15) is 28.6 Å². The first-order chi connectivity index (χ1) is 16.8. The highest BCUT2D eigenvalue weighted by molar-refractivity contribution is 7.70. The predicted octanol–water partition coefficient (Wildman–Crippen LogP) is 1.19. The number of aromatic nitrogens is 4. The van der Waals surface area contributed by atoms with Crippen LogP contribution in [0.4, 0.5) is 10.2 Å². The lowest BCUT2D eigenvalue weighted by Gasteiger charge is -2.18. The number of ether oxygens (including phenoxy) is 1. The van der Waals surface area contributed by atoms with Gasteiger partial charge in [0.25, 0.3) is 0 Å². The van der Waals surface area contributed by atoms with Crippen molar-refractivity contribution >= 4 is 43.6 Å². The molecule has 0 aliphatic carbocycles. The second kappa shape index (κ2) is 10.4. The first-order valence-corrected chi connectivity index (χ1v) is 14.2. The molecule has 6 N–H and O–H groups in total. The highest BCUT2D eigenvalue weighted by Crippen LogP contribution is 2.55. The molecule has 5 atom stereocenters. The fourth-order valence-corrected chi connectivity index (χ4v) is 6.27. The Hall–Kier alpha value is -2.03. The minimum Gasteiger partial charge on any atom is -0.387 e. The molecule has 1 fully saturated rings. The number of benzene rings is 1. The molecular weight excluding hydrogens is 547 g/mol. The van der Waals surface area contributed by atoms with Crippen molar-refractivity contribution in [3.05, 3.63) is 47.1 Å². The van der Waals surface area contributed by atoms with E-state index < -0.39 is 52.2 Å². The van der Waals surface area contributed by atoms with Gasteiger partial charge in [-0.15, -0.1) is 0 Å². The van der Waals surface area contributed by atoms with Crippen LogP contribution in [0, 0.1) is 5.82 Å². The van der Waals surface area contributed by atoms with Crippen LogP contribution in [-0.2, 0) is 24.9 Å². The van der Waals surface area contributed by atoms with Crippen LogP contribution < -0.4 is 5.32 Å². The number of fused-ring (bicyclic) bond motifs is 1. The Kier molecular flexibility index (Phi) is 7.79. The minimum absolute atomic E-state index is 0.128. The normalized spacial score (nSPS) is 24.2. The first-order valence-electron chi connectivity index (χ1n) is 10.2. The minimum atomic E-state index is -4.85. The standard InChI is InChI=1S/C18H21ClFN5O9P2/c19-18-23-15(21-5-9-1-3-10(20)4-2-9)11-6-22-25(16(11)24-18)17-14(27)13(26)12(34-17)7-33-36(31,32)8-35(28,29)30/h1-4,6,12-14,17,26-27H,5,7-8H2,(H,31,32)(H,21,23,24)(H2,28,29,30)/t12-,13-,14-,17-/m1/s1. The average molecular weight is 568 g/mol. The van der Waals surface area contributed by atoms with E-state index in [-0.39, 0.29) is 29.1 Å². The molecule has 1 aliphatic heterocycles. The number of anilines is 1. The number of hydrogen-bond acceptors (Lipinski definition) is 10. The van der Waals surface area contributed by atoms with E-state index >= 15 is 0 Å². The number of rotatable bonds is 9.